The lowest BCUT2D eigenvalue weighted by Gasteiger charge is -2.26. The summed E-state index contributed by atoms with van der Waals surface area (Å²) in [6.07, 6.45) is 1.23. The van der Waals surface area contributed by atoms with E-state index in [1.54, 1.807) is 6.07 Å². The Morgan fingerprint density at radius 1 is 1.42 bits per heavy atom. The fourth-order valence-electron chi connectivity index (χ4n) is 2.85. The molecule has 1 aromatic carbocycles. The molecule has 106 valence electrons. The molecular formula is C15H22ClNO2. The van der Waals surface area contributed by atoms with Crippen LogP contribution in [0.25, 0.3) is 0 Å². The van der Waals surface area contributed by atoms with Crippen LogP contribution >= 0.6 is 11.6 Å². The van der Waals surface area contributed by atoms with Crippen LogP contribution in [0, 0.1) is 5.92 Å². The second kappa shape index (κ2) is 6.71. The molecular weight excluding hydrogens is 262 g/mol. The molecule has 0 aromatic heterocycles. The average Bonchev–Trinajstić information content (AvgIpc) is 2.77. The molecule has 0 bridgehead atoms. The molecule has 1 aromatic rings. The Morgan fingerprint density at radius 3 is 2.84 bits per heavy atom. The van der Waals surface area contributed by atoms with Gasteiger partial charge in [-0.25, -0.2) is 0 Å². The summed E-state index contributed by atoms with van der Waals surface area (Å²) < 4.78 is 0. The first-order chi connectivity index (χ1) is 9.13. The van der Waals surface area contributed by atoms with E-state index in [1.807, 2.05) is 18.2 Å². The van der Waals surface area contributed by atoms with Gasteiger partial charge < -0.3 is 10.2 Å². The van der Waals surface area contributed by atoms with Crippen molar-refractivity contribution in [1.29, 1.82) is 0 Å². The summed E-state index contributed by atoms with van der Waals surface area (Å²) in [5.74, 6) is 0.530. The largest absolute Gasteiger partial charge is 0.395 e. The van der Waals surface area contributed by atoms with Gasteiger partial charge in [-0.3, -0.25) is 4.90 Å². The Morgan fingerprint density at radius 2 is 2.16 bits per heavy atom. The van der Waals surface area contributed by atoms with Crippen molar-refractivity contribution < 1.29 is 10.2 Å². The number of rotatable bonds is 5. The van der Waals surface area contributed by atoms with Crippen molar-refractivity contribution in [2.75, 3.05) is 19.7 Å². The number of hydrogen-bond donors (Lipinski definition) is 2. The van der Waals surface area contributed by atoms with E-state index in [1.165, 1.54) is 0 Å². The molecule has 19 heavy (non-hydrogen) atoms. The van der Waals surface area contributed by atoms with Crippen molar-refractivity contribution >= 4 is 11.6 Å². The lowest BCUT2D eigenvalue weighted by atomic mass is 10.0. The minimum Gasteiger partial charge on any atom is -0.395 e. The van der Waals surface area contributed by atoms with Crippen molar-refractivity contribution in [2.24, 2.45) is 5.92 Å². The molecule has 4 heteroatoms. The number of benzene rings is 1. The molecule has 3 unspecified atom stereocenters. The topological polar surface area (TPSA) is 43.7 Å². The van der Waals surface area contributed by atoms with Gasteiger partial charge >= 0.3 is 0 Å². The highest BCUT2D eigenvalue weighted by Crippen LogP contribution is 2.28. The fourth-order valence-corrected chi connectivity index (χ4v) is 3.11. The minimum absolute atomic E-state index is 0.198. The maximum Gasteiger partial charge on any atom is 0.0816 e. The third kappa shape index (κ3) is 3.48. The molecule has 2 rings (SSSR count). The number of aliphatic hydroxyl groups excluding tert-OH is 2. The highest BCUT2D eigenvalue weighted by molar-refractivity contribution is 6.31. The Bertz CT molecular complexity index is 413. The summed E-state index contributed by atoms with van der Waals surface area (Å²) in [7, 11) is 0. The standard InChI is InChI=1S/C15H22ClNO2/c1-11-6-8-17(14(11)10-18)9-7-15(19)12-4-2-3-5-13(12)16/h2-5,11,14-15,18-19H,6-10H2,1H3. The van der Waals surface area contributed by atoms with Crippen LogP contribution in [0.3, 0.4) is 0 Å². The molecule has 2 N–H and O–H groups in total. The normalized spacial score (nSPS) is 25.7. The molecule has 3 atom stereocenters. The van der Waals surface area contributed by atoms with Gasteiger partial charge in [0.05, 0.1) is 12.7 Å². The quantitative estimate of drug-likeness (QED) is 0.872. The minimum atomic E-state index is -0.538. The Balaban J connectivity index is 1.90. The lowest BCUT2D eigenvalue weighted by molar-refractivity contribution is 0.107. The van der Waals surface area contributed by atoms with Crippen molar-refractivity contribution in [2.45, 2.75) is 31.9 Å². The van der Waals surface area contributed by atoms with E-state index in [-0.39, 0.29) is 12.6 Å². The van der Waals surface area contributed by atoms with Crippen LogP contribution in [0.15, 0.2) is 24.3 Å². The summed E-state index contributed by atoms with van der Waals surface area (Å²) >= 11 is 6.08. The maximum atomic E-state index is 10.2. The molecule has 1 heterocycles. The number of hydrogen-bond acceptors (Lipinski definition) is 3. The highest BCUT2D eigenvalue weighted by Gasteiger charge is 2.30. The van der Waals surface area contributed by atoms with Crippen LogP contribution in [-0.2, 0) is 0 Å². The molecule has 0 spiro atoms. The average molecular weight is 284 g/mol. The highest BCUT2D eigenvalue weighted by atomic mass is 35.5. The number of likely N-dealkylation sites (tertiary alicyclic amines) is 1. The first-order valence-corrected chi connectivity index (χ1v) is 7.28. The van der Waals surface area contributed by atoms with E-state index in [0.29, 0.717) is 17.4 Å². The molecule has 3 nitrogen and oxygen atoms in total. The molecule has 1 aliphatic heterocycles. The first-order valence-electron chi connectivity index (χ1n) is 6.91. The van der Waals surface area contributed by atoms with Gasteiger partial charge in [-0.2, -0.15) is 0 Å². The molecule has 0 radical (unpaired) electrons. The van der Waals surface area contributed by atoms with Crippen LogP contribution in [-0.4, -0.2) is 40.9 Å². The van der Waals surface area contributed by atoms with Crippen LogP contribution in [0.2, 0.25) is 5.02 Å². The van der Waals surface area contributed by atoms with E-state index in [2.05, 4.69) is 11.8 Å². The number of nitrogens with zero attached hydrogens (tertiary/aromatic N) is 1. The zero-order valence-corrected chi connectivity index (χ0v) is 12.1. The van der Waals surface area contributed by atoms with E-state index >= 15 is 0 Å². The molecule has 0 saturated carbocycles. The van der Waals surface area contributed by atoms with Gasteiger partial charge in [0.15, 0.2) is 0 Å². The van der Waals surface area contributed by atoms with E-state index in [9.17, 15) is 10.2 Å². The second-order valence-electron chi connectivity index (χ2n) is 5.38. The predicted molar refractivity (Wildman–Crippen MR) is 77.3 cm³/mol. The molecule has 0 aliphatic carbocycles. The molecule has 0 amide bonds. The van der Waals surface area contributed by atoms with E-state index in [4.69, 9.17) is 11.6 Å². The third-order valence-electron chi connectivity index (χ3n) is 4.14. The summed E-state index contributed by atoms with van der Waals surface area (Å²) in [5, 5.41) is 20.2. The molecule has 1 aliphatic rings. The van der Waals surface area contributed by atoms with Crippen LogP contribution < -0.4 is 0 Å². The zero-order chi connectivity index (χ0) is 13.8. The van der Waals surface area contributed by atoms with Gasteiger partial charge in [0, 0.05) is 17.6 Å². The Labute approximate surface area is 119 Å². The predicted octanol–water partition coefficient (Wildman–Crippen LogP) is 2.47. The molecule has 1 saturated heterocycles. The van der Waals surface area contributed by atoms with Gasteiger partial charge in [-0.05, 0) is 36.9 Å². The van der Waals surface area contributed by atoms with Crippen LogP contribution in [0.5, 0.6) is 0 Å². The number of aliphatic hydroxyl groups is 2. The summed E-state index contributed by atoms with van der Waals surface area (Å²) in [5.41, 5.74) is 0.789. The number of halogens is 1. The SMILES string of the molecule is CC1CCN(CCC(O)c2ccccc2Cl)C1CO. The lowest BCUT2D eigenvalue weighted by Crippen LogP contribution is -2.36. The summed E-state index contributed by atoms with van der Waals surface area (Å²) in [6, 6.07) is 7.65. The van der Waals surface area contributed by atoms with E-state index in [0.717, 1.165) is 25.1 Å². The summed E-state index contributed by atoms with van der Waals surface area (Å²) in [4.78, 5) is 2.27. The van der Waals surface area contributed by atoms with Crippen molar-refractivity contribution in [1.82, 2.24) is 4.90 Å². The van der Waals surface area contributed by atoms with Crippen LogP contribution in [0.4, 0.5) is 0 Å². The smallest absolute Gasteiger partial charge is 0.0816 e. The Kier molecular flexibility index (Phi) is 5.22. The van der Waals surface area contributed by atoms with Gasteiger partial charge in [0.25, 0.3) is 0 Å². The van der Waals surface area contributed by atoms with Crippen molar-refractivity contribution in [3.8, 4) is 0 Å². The van der Waals surface area contributed by atoms with Gasteiger partial charge in [-0.1, -0.05) is 36.7 Å². The molecule has 1 fully saturated rings. The van der Waals surface area contributed by atoms with Gasteiger partial charge in [0.1, 0.15) is 0 Å². The van der Waals surface area contributed by atoms with Crippen molar-refractivity contribution in [3.63, 3.8) is 0 Å². The fraction of sp³-hybridized carbons (Fsp3) is 0.600. The van der Waals surface area contributed by atoms with Crippen molar-refractivity contribution in [3.05, 3.63) is 34.9 Å². The maximum absolute atomic E-state index is 10.2. The van der Waals surface area contributed by atoms with E-state index < -0.39 is 6.10 Å². The van der Waals surface area contributed by atoms with Gasteiger partial charge in [0.2, 0.25) is 0 Å². The first kappa shape index (κ1) is 14.8. The summed E-state index contributed by atoms with van der Waals surface area (Å²) in [6.45, 7) is 4.17. The monoisotopic (exact) mass is 283 g/mol. The second-order valence-corrected chi connectivity index (χ2v) is 5.79. The zero-order valence-electron chi connectivity index (χ0n) is 11.3. The Hall–Kier alpha value is -0.610. The third-order valence-corrected chi connectivity index (χ3v) is 4.48. The van der Waals surface area contributed by atoms with Gasteiger partial charge in [-0.15, -0.1) is 0 Å². The van der Waals surface area contributed by atoms with Crippen LogP contribution in [0.1, 0.15) is 31.4 Å².